The van der Waals surface area contributed by atoms with Crippen molar-refractivity contribution in [1.82, 2.24) is 16.2 Å². The average Bonchev–Trinajstić information content (AvgIpc) is 2.79. The molecule has 0 fully saturated rings. The summed E-state index contributed by atoms with van der Waals surface area (Å²) in [6, 6.07) is 11.6. The van der Waals surface area contributed by atoms with Crippen LogP contribution in [0.1, 0.15) is 24.2 Å². The topological polar surface area (TPSA) is 127 Å². The van der Waals surface area contributed by atoms with Crippen molar-refractivity contribution >= 4 is 23.4 Å². The first-order valence-electron chi connectivity index (χ1n) is 9.90. The molecule has 2 rings (SSSR count). The summed E-state index contributed by atoms with van der Waals surface area (Å²) >= 11 is 0. The van der Waals surface area contributed by atoms with E-state index in [0.29, 0.717) is 17.2 Å². The molecule has 10 nitrogen and oxygen atoms in total. The Labute approximate surface area is 186 Å². The Morgan fingerprint density at radius 1 is 0.875 bits per heavy atom. The number of carbonyl (C=O) groups is 3. The first-order valence-corrected chi connectivity index (χ1v) is 9.90. The minimum atomic E-state index is -0.543. The second-order valence-electron chi connectivity index (χ2n) is 6.93. The van der Waals surface area contributed by atoms with Crippen molar-refractivity contribution in [1.29, 1.82) is 0 Å². The van der Waals surface area contributed by atoms with Gasteiger partial charge in [-0.25, -0.2) is 0 Å². The van der Waals surface area contributed by atoms with Gasteiger partial charge in [-0.3, -0.25) is 25.2 Å². The maximum absolute atomic E-state index is 12.4. The molecule has 172 valence electrons. The van der Waals surface area contributed by atoms with E-state index in [1.54, 1.807) is 12.1 Å². The molecule has 0 saturated carbocycles. The van der Waals surface area contributed by atoms with Crippen LogP contribution in [0.2, 0.25) is 0 Å². The Balaban J connectivity index is 1.88. The van der Waals surface area contributed by atoms with Crippen LogP contribution in [0.5, 0.6) is 17.2 Å². The third-order valence-corrected chi connectivity index (χ3v) is 4.10. The highest BCUT2D eigenvalue weighted by Crippen LogP contribution is 2.28. The standard InChI is InChI=1S/C22H28N4O6/c1-14(2)24-21(28)13-32-18-10-9-15(11-19(18)31-4)22(29)26-25-20(27)12-23-16-7-5-6-8-17(16)30-3/h5-11,14,23H,12-13H2,1-4H3,(H,24,28)(H,25,27)(H,26,29). The summed E-state index contributed by atoms with van der Waals surface area (Å²) in [6.07, 6.45) is 0. The van der Waals surface area contributed by atoms with Crippen LogP contribution in [0.3, 0.4) is 0 Å². The van der Waals surface area contributed by atoms with Crippen molar-refractivity contribution in [3.8, 4) is 17.2 Å². The highest BCUT2D eigenvalue weighted by molar-refractivity contribution is 5.96. The number of rotatable bonds is 10. The fourth-order valence-corrected chi connectivity index (χ4v) is 2.64. The van der Waals surface area contributed by atoms with Gasteiger partial charge in [-0.2, -0.15) is 0 Å². The first kappa shape index (κ1) is 24.3. The van der Waals surface area contributed by atoms with E-state index in [0.717, 1.165) is 0 Å². The number of benzene rings is 2. The molecule has 0 aliphatic heterocycles. The molecule has 0 atom stereocenters. The number of amides is 3. The van der Waals surface area contributed by atoms with Crippen molar-refractivity contribution in [3.63, 3.8) is 0 Å². The summed E-state index contributed by atoms with van der Waals surface area (Å²) < 4.78 is 15.9. The highest BCUT2D eigenvalue weighted by Gasteiger charge is 2.14. The smallest absolute Gasteiger partial charge is 0.269 e. The Morgan fingerprint density at radius 3 is 2.28 bits per heavy atom. The number of hydrogen-bond donors (Lipinski definition) is 4. The average molecular weight is 444 g/mol. The molecule has 0 aliphatic carbocycles. The Kier molecular flexibility index (Phi) is 9.15. The van der Waals surface area contributed by atoms with Gasteiger partial charge < -0.3 is 24.8 Å². The van der Waals surface area contributed by atoms with Crippen LogP contribution >= 0.6 is 0 Å². The van der Waals surface area contributed by atoms with Crippen molar-refractivity contribution in [3.05, 3.63) is 48.0 Å². The fraction of sp³-hybridized carbons (Fsp3) is 0.318. The lowest BCUT2D eigenvalue weighted by Gasteiger charge is -2.14. The summed E-state index contributed by atoms with van der Waals surface area (Å²) in [5.41, 5.74) is 5.55. The van der Waals surface area contributed by atoms with Crippen molar-refractivity contribution in [2.24, 2.45) is 0 Å². The quantitative estimate of drug-likeness (QED) is 0.409. The maximum atomic E-state index is 12.4. The maximum Gasteiger partial charge on any atom is 0.269 e. The molecule has 3 amide bonds. The highest BCUT2D eigenvalue weighted by atomic mass is 16.5. The molecule has 2 aromatic rings. The SMILES string of the molecule is COc1ccccc1NCC(=O)NNC(=O)c1ccc(OCC(=O)NC(C)C)c(OC)c1. The van der Waals surface area contributed by atoms with Gasteiger partial charge in [0, 0.05) is 11.6 Å². The number of anilines is 1. The van der Waals surface area contributed by atoms with E-state index in [4.69, 9.17) is 14.2 Å². The summed E-state index contributed by atoms with van der Waals surface area (Å²) in [5, 5.41) is 5.64. The van der Waals surface area contributed by atoms with Gasteiger partial charge in [0.05, 0.1) is 26.5 Å². The van der Waals surface area contributed by atoms with Crippen LogP contribution in [-0.4, -0.2) is 51.1 Å². The second-order valence-corrected chi connectivity index (χ2v) is 6.93. The molecule has 10 heteroatoms. The molecule has 32 heavy (non-hydrogen) atoms. The molecule has 0 aliphatic rings. The number of carbonyl (C=O) groups excluding carboxylic acids is 3. The minimum Gasteiger partial charge on any atom is -0.495 e. The largest absolute Gasteiger partial charge is 0.495 e. The van der Waals surface area contributed by atoms with Crippen molar-refractivity contribution in [2.75, 3.05) is 32.7 Å². The van der Waals surface area contributed by atoms with E-state index in [9.17, 15) is 14.4 Å². The van der Waals surface area contributed by atoms with Gasteiger partial charge in [0.2, 0.25) is 0 Å². The zero-order chi connectivity index (χ0) is 23.5. The lowest BCUT2D eigenvalue weighted by molar-refractivity contribution is -0.123. The van der Waals surface area contributed by atoms with Gasteiger partial charge in [0.1, 0.15) is 5.75 Å². The molecule has 0 heterocycles. The molecule has 4 N–H and O–H groups in total. The van der Waals surface area contributed by atoms with Crippen LogP contribution in [0.15, 0.2) is 42.5 Å². The third kappa shape index (κ3) is 7.38. The van der Waals surface area contributed by atoms with Crippen LogP contribution in [0, 0.1) is 0 Å². The predicted molar refractivity (Wildman–Crippen MR) is 119 cm³/mol. The van der Waals surface area contributed by atoms with E-state index in [2.05, 4.69) is 21.5 Å². The van der Waals surface area contributed by atoms with Gasteiger partial charge in [0.15, 0.2) is 18.1 Å². The number of methoxy groups -OCH3 is 2. The number of para-hydroxylation sites is 2. The van der Waals surface area contributed by atoms with Crippen LogP contribution in [-0.2, 0) is 9.59 Å². The summed E-state index contributed by atoms with van der Waals surface area (Å²) in [7, 11) is 2.95. The summed E-state index contributed by atoms with van der Waals surface area (Å²) in [4.78, 5) is 36.1. The molecule has 0 aromatic heterocycles. The Bertz CT molecular complexity index is 948. The summed E-state index contributed by atoms with van der Waals surface area (Å²) in [6.45, 7) is 3.43. The van der Waals surface area contributed by atoms with Crippen LogP contribution in [0.4, 0.5) is 5.69 Å². The van der Waals surface area contributed by atoms with E-state index in [-0.39, 0.29) is 36.4 Å². The molecular formula is C22H28N4O6. The van der Waals surface area contributed by atoms with Crippen molar-refractivity contribution in [2.45, 2.75) is 19.9 Å². The monoisotopic (exact) mass is 444 g/mol. The fourth-order valence-electron chi connectivity index (χ4n) is 2.64. The van der Waals surface area contributed by atoms with E-state index >= 15 is 0 Å². The normalized spacial score (nSPS) is 10.2. The lowest BCUT2D eigenvalue weighted by Crippen LogP contribution is -2.44. The molecule has 0 radical (unpaired) electrons. The minimum absolute atomic E-state index is 0.000741. The molecule has 0 bridgehead atoms. The van der Waals surface area contributed by atoms with Gasteiger partial charge in [-0.15, -0.1) is 0 Å². The van der Waals surface area contributed by atoms with Gasteiger partial charge >= 0.3 is 0 Å². The molecule has 0 spiro atoms. The molecular weight excluding hydrogens is 416 g/mol. The number of hydrogen-bond acceptors (Lipinski definition) is 7. The number of ether oxygens (including phenoxy) is 3. The van der Waals surface area contributed by atoms with Gasteiger partial charge in [-0.1, -0.05) is 12.1 Å². The first-order chi connectivity index (χ1) is 15.3. The number of hydrazine groups is 1. The van der Waals surface area contributed by atoms with Gasteiger partial charge in [0.25, 0.3) is 17.7 Å². The van der Waals surface area contributed by atoms with Crippen LogP contribution in [0.25, 0.3) is 0 Å². The Morgan fingerprint density at radius 2 is 1.59 bits per heavy atom. The second kappa shape index (κ2) is 12.0. The zero-order valence-electron chi connectivity index (χ0n) is 18.5. The zero-order valence-corrected chi connectivity index (χ0v) is 18.5. The molecule has 2 aromatic carbocycles. The predicted octanol–water partition coefficient (Wildman–Crippen LogP) is 1.48. The summed E-state index contributed by atoms with van der Waals surface area (Å²) in [5.74, 6) is -0.0775. The van der Waals surface area contributed by atoms with E-state index < -0.39 is 11.8 Å². The van der Waals surface area contributed by atoms with E-state index in [1.807, 2.05) is 26.0 Å². The van der Waals surface area contributed by atoms with Gasteiger partial charge in [-0.05, 0) is 44.2 Å². The molecule has 0 unspecified atom stereocenters. The van der Waals surface area contributed by atoms with Crippen LogP contribution < -0.4 is 35.7 Å². The van der Waals surface area contributed by atoms with Crippen molar-refractivity contribution < 1.29 is 28.6 Å². The third-order valence-electron chi connectivity index (χ3n) is 4.10. The lowest BCUT2D eigenvalue weighted by atomic mass is 10.2. The Hall–Kier alpha value is -3.95. The molecule has 0 saturated heterocycles. The van der Waals surface area contributed by atoms with E-state index in [1.165, 1.54) is 32.4 Å². The number of nitrogens with one attached hydrogen (secondary N) is 4.